The number of hydrogen-bond acceptors (Lipinski definition) is 3. The number of ether oxygens (including phenoxy) is 1. The number of carbonyl (C=O) groups is 1. The molecule has 0 heterocycles. The summed E-state index contributed by atoms with van der Waals surface area (Å²) in [4.78, 5) is 12.2. The lowest BCUT2D eigenvalue weighted by Gasteiger charge is -2.14. The average molecular weight is 347 g/mol. The minimum atomic E-state index is -1.19. The largest absolute Gasteiger partial charge is 0.489 e. The highest BCUT2D eigenvalue weighted by Crippen LogP contribution is 2.20. The smallest absolute Gasteiger partial charge is 0.253 e. The Morgan fingerprint density at radius 2 is 1.50 bits per heavy atom. The molecule has 1 atom stereocenters. The van der Waals surface area contributed by atoms with Gasteiger partial charge < -0.3 is 15.2 Å². The maximum atomic E-state index is 12.2. The maximum Gasteiger partial charge on any atom is 0.253 e. The second-order valence-electron chi connectivity index (χ2n) is 5.91. The van der Waals surface area contributed by atoms with Gasteiger partial charge in [-0.2, -0.15) is 0 Å². The Morgan fingerprint density at radius 3 is 2.23 bits per heavy atom. The molecule has 0 spiro atoms. The summed E-state index contributed by atoms with van der Waals surface area (Å²) in [6.45, 7) is 0.742. The molecule has 132 valence electrons. The molecule has 0 saturated heterocycles. The van der Waals surface area contributed by atoms with Crippen LogP contribution >= 0.6 is 0 Å². The molecular formula is C22H21NO3. The van der Waals surface area contributed by atoms with Crippen molar-refractivity contribution in [2.45, 2.75) is 19.3 Å². The monoisotopic (exact) mass is 347 g/mol. The minimum absolute atomic E-state index is 0.285. The first kappa shape index (κ1) is 17.7. The zero-order valence-electron chi connectivity index (χ0n) is 14.3. The molecule has 0 saturated carbocycles. The number of carbonyl (C=O) groups excluding carboxylic acids is 1. The Balaban J connectivity index is 1.60. The van der Waals surface area contributed by atoms with Gasteiger partial charge in [0.1, 0.15) is 12.4 Å². The van der Waals surface area contributed by atoms with Crippen molar-refractivity contribution in [3.05, 3.63) is 102 Å². The molecule has 3 aromatic carbocycles. The van der Waals surface area contributed by atoms with Crippen molar-refractivity contribution < 1.29 is 14.6 Å². The lowest BCUT2D eigenvalue weighted by molar-refractivity contribution is -0.129. The molecule has 4 heteroatoms. The van der Waals surface area contributed by atoms with Crippen LogP contribution in [0.25, 0.3) is 0 Å². The third kappa shape index (κ3) is 4.71. The fraction of sp³-hybridized carbons (Fsp3) is 0.136. The van der Waals surface area contributed by atoms with Crippen LogP contribution in [0.4, 0.5) is 0 Å². The van der Waals surface area contributed by atoms with Gasteiger partial charge in [-0.25, -0.2) is 0 Å². The summed E-state index contributed by atoms with van der Waals surface area (Å²) >= 11 is 0. The van der Waals surface area contributed by atoms with Gasteiger partial charge in [-0.15, -0.1) is 0 Å². The third-order valence-electron chi connectivity index (χ3n) is 4.03. The van der Waals surface area contributed by atoms with E-state index in [4.69, 9.17) is 4.74 Å². The van der Waals surface area contributed by atoms with Gasteiger partial charge >= 0.3 is 0 Å². The SMILES string of the molecule is O=C(NCc1ccccc1OCc1ccccc1)C(O)c1ccccc1. The van der Waals surface area contributed by atoms with E-state index in [1.807, 2.05) is 60.7 Å². The molecule has 0 fully saturated rings. The van der Waals surface area contributed by atoms with Crippen LogP contribution in [0.15, 0.2) is 84.9 Å². The van der Waals surface area contributed by atoms with Crippen LogP contribution in [0.3, 0.4) is 0 Å². The molecular weight excluding hydrogens is 326 g/mol. The second kappa shape index (κ2) is 8.83. The van der Waals surface area contributed by atoms with Crippen LogP contribution in [0.5, 0.6) is 5.75 Å². The number of amides is 1. The summed E-state index contributed by atoms with van der Waals surface area (Å²) in [5.41, 5.74) is 2.50. The number of benzene rings is 3. The summed E-state index contributed by atoms with van der Waals surface area (Å²) in [6.07, 6.45) is -1.19. The zero-order chi connectivity index (χ0) is 18.2. The van der Waals surface area contributed by atoms with Crippen LogP contribution in [0.2, 0.25) is 0 Å². The first-order valence-electron chi connectivity index (χ1n) is 8.49. The summed E-state index contributed by atoms with van der Waals surface area (Å²) in [7, 11) is 0. The van der Waals surface area contributed by atoms with Crippen LogP contribution in [0.1, 0.15) is 22.8 Å². The normalized spacial score (nSPS) is 11.6. The summed E-state index contributed by atoms with van der Waals surface area (Å²) < 4.78 is 5.89. The maximum absolute atomic E-state index is 12.2. The molecule has 2 N–H and O–H groups in total. The zero-order valence-corrected chi connectivity index (χ0v) is 14.3. The summed E-state index contributed by atoms with van der Waals surface area (Å²) in [6, 6.07) is 26.3. The molecule has 0 aliphatic carbocycles. The molecule has 0 aromatic heterocycles. The fourth-order valence-electron chi connectivity index (χ4n) is 2.59. The lowest BCUT2D eigenvalue weighted by Crippen LogP contribution is -2.29. The predicted molar refractivity (Wildman–Crippen MR) is 100 cm³/mol. The van der Waals surface area contributed by atoms with Crippen LogP contribution in [0, 0.1) is 0 Å². The van der Waals surface area contributed by atoms with Gasteiger partial charge in [0.25, 0.3) is 5.91 Å². The van der Waals surface area contributed by atoms with E-state index in [2.05, 4.69) is 5.32 Å². The van der Waals surface area contributed by atoms with Crippen LogP contribution in [-0.4, -0.2) is 11.0 Å². The van der Waals surface area contributed by atoms with Gasteiger partial charge in [-0.3, -0.25) is 4.79 Å². The van der Waals surface area contributed by atoms with E-state index in [9.17, 15) is 9.90 Å². The highest BCUT2D eigenvalue weighted by atomic mass is 16.5. The van der Waals surface area contributed by atoms with Crippen LogP contribution in [-0.2, 0) is 17.9 Å². The highest BCUT2D eigenvalue weighted by Gasteiger charge is 2.17. The quantitative estimate of drug-likeness (QED) is 0.686. The molecule has 0 bridgehead atoms. The fourth-order valence-corrected chi connectivity index (χ4v) is 2.59. The van der Waals surface area contributed by atoms with Crippen molar-refractivity contribution in [3.63, 3.8) is 0 Å². The van der Waals surface area contributed by atoms with Gasteiger partial charge in [0.15, 0.2) is 6.10 Å². The Morgan fingerprint density at radius 1 is 0.885 bits per heavy atom. The van der Waals surface area contributed by atoms with Gasteiger partial charge in [0.2, 0.25) is 0 Å². The number of rotatable bonds is 7. The number of para-hydroxylation sites is 1. The Kier molecular flexibility index (Phi) is 6.01. The van der Waals surface area contributed by atoms with Crippen molar-refractivity contribution in [1.82, 2.24) is 5.32 Å². The summed E-state index contributed by atoms with van der Waals surface area (Å²) in [5.74, 6) is 0.278. The topological polar surface area (TPSA) is 58.6 Å². The van der Waals surface area contributed by atoms with Crippen LogP contribution < -0.4 is 10.1 Å². The van der Waals surface area contributed by atoms with Crippen molar-refractivity contribution in [2.24, 2.45) is 0 Å². The van der Waals surface area contributed by atoms with E-state index in [-0.39, 0.29) is 6.54 Å². The number of aliphatic hydroxyl groups is 1. The second-order valence-corrected chi connectivity index (χ2v) is 5.91. The Labute approximate surface area is 153 Å². The van der Waals surface area contributed by atoms with Crippen molar-refractivity contribution in [2.75, 3.05) is 0 Å². The lowest BCUT2D eigenvalue weighted by atomic mass is 10.1. The van der Waals surface area contributed by atoms with E-state index in [0.29, 0.717) is 17.9 Å². The average Bonchev–Trinajstić information content (AvgIpc) is 2.72. The molecule has 1 unspecified atom stereocenters. The van der Waals surface area contributed by atoms with Crippen molar-refractivity contribution >= 4 is 5.91 Å². The van der Waals surface area contributed by atoms with E-state index in [1.54, 1.807) is 24.3 Å². The number of aliphatic hydroxyl groups excluding tert-OH is 1. The minimum Gasteiger partial charge on any atom is -0.489 e. The van der Waals surface area contributed by atoms with E-state index in [0.717, 1.165) is 11.1 Å². The molecule has 0 radical (unpaired) electrons. The van der Waals surface area contributed by atoms with E-state index >= 15 is 0 Å². The predicted octanol–water partition coefficient (Wildman–Crippen LogP) is 3.62. The van der Waals surface area contributed by atoms with Crippen molar-refractivity contribution in [1.29, 1.82) is 0 Å². The summed E-state index contributed by atoms with van der Waals surface area (Å²) in [5, 5.41) is 12.9. The number of nitrogens with one attached hydrogen (secondary N) is 1. The first-order chi connectivity index (χ1) is 12.7. The molecule has 4 nitrogen and oxygen atoms in total. The van der Waals surface area contributed by atoms with E-state index in [1.165, 1.54) is 0 Å². The third-order valence-corrected chi connectivity index (χ3v) is 4.03. The highest BCUT2D eigenvalue weighted by molar-refractivity contribution is 5.81. The Bertz CT molecular complexity index is 834. The van der Waals surface area contributed by atoms with Gasteiger partial charge in [-0.05, 0) is 17.2 Å². The van der Waals surface area contributed by atoms with Crippen molar-refractivity contribution in [3.8, 4) is 5.75 Å². The number of hydrogen-bond donors (Lipinski definition) is 2. The van der Waals surface area contributed by atoms with Gasteiger partial charge in [-0.1, -0.05) is 78.9 Å². The molecule has 0 aliphatic rings. The van der Waals surface area contributed by atoms with Gasteiger partial charge in [0.05, 0.1) is 0 Å². The molecule has 26 heavy (non-hydrogen) atoms. The Hall–Kier alpha value is -3.11. The van der Waals surface area contributed by atoms with Gasteiger partial charge in [0, 0.05) is 12.1 Å². The standard InChI is InChI=1S/C22H21NO3/c24-21(18-11-5-2-6-12-18)22(25)23-15-19-13-7-8-14-20(19)26-16-17-9-3-1-4-10-17/h1-14,21,24H,15-16H2,(H,23,25). The first-order valence-corrected chi connectivity index (χ1v) is 8.49. The van der Waals surface area contributed by atoms with E-state index < -0.39 is 12.0 Å². The molecule has 3 aromatic rings. The molecule has 0 aliphatic heterocycles. The molecule has 1 amide bonds. The molecule has 3 rings (SSSR count).